The van der Waals surface area contributed by atoms with Crippen LogP contribution >= 0.6 is 0 Å². The van der Waals surface area contributed by atoms with Crippen LogP contribution in [0.5, 0.6) is 0 Å². The highest BCUT2D eigenvalue weighted by Crippen LogP contribution is 2.19. The van der Waals surface area contributed by atoms with Crippen LogP contribution in [0.1, 0.15) is 31.7 Å². The molecule has 1 saturated carbocycles. The van der Waals surface area contributed by atoms with Gasteiger partial charge in [0, 0.05) is 31.6 Å². The molecule has 104 valence electrons. The number of benzene rings is 1. The van der Waals surface area contributed by atoms with Crippen LogP contribution < -0.4 is 10.2 Å². The lowest BCUT2D eigenvalue weighted by Crippen LogP contribution is -2.34. The van der Waals surface area contributed by atoms with Crippen molar-refractivity contribution in [2.45, 2.75) is 32.2 Å². The van der Waals surface area contributed by atoms with E-state index in [-0.39, 0.29) is 18.2 Å². The van der Waals surface area contributed by atoms with Crippen LogP contribution in [0.3, 0.4) is 0 Å². The molecule has 1 aromatic carbocycles. The van der Waals surface area contributed by atoms with Gasteiger partial charge in [-0.15, -0.1) is 0 Å². The van der Waals surface area contributed by atoms with E-state index < -0.39 is 0 Å². The van der Waals surface area contributed by atoms with Crippen LogP contribution in [0, 0.1) is 11.3 Å². The first kappa shape index (κ1) is 14.1. The number of rotatable bonds is 5. The topological polar surface area (TPSA) is 73.2 Å². The summed E-state index contributed by atoms with van der Waals surface area (Å²) >= 11 is 0. The fraction of sp³-hybridized carbons (Fsp3) is 0.400. The van der Waals surface area contributed by atoms with Gasteiger partial charge in [-0.1, -0.05) is 0 Å². The lowest BCUT2D eigenvalue weighted by atomic mass is 10.2. The molecular weight excluding hydrogens is 254 g/mol. The Balaban J connectivity index is 1.96. The molecule has 0 aromatic heterocycles. The van der Waals surface area contributed by atoms with Gasteiger partial charge in [-0.2, -0.15) is 5.26 Å². The van der Waals surface area contributed by atoms with Gasteiger partial charge in [0.15, 0.2) is 0 Å². The van der Waals surface area contributed by atoms with E-state index in [9.17, 15) is 9.59 Å². The third-order valence-corrected chi connectivity index (χ3v) is 3.19. The molecule has 0 unspecified atom stereocenters. The zero-order chi connectivity index (χ0) is 14.5. The highest BCUT2D eigenvalue weighted by Gasteiger charge is 2.23. The molecule has 1 aliphatic rings. The first-order valence-electron chi connectivity index (χ1n) is 6.68. The summed E-state index contributed by atoms with van der Waals surface area (Å²) in [7, 11) is 0. The molecule has 2 amide bonds. The Labute approximate surface area is 118 Å². The molecule has 1 N–H and O–H groups in total. The Kier molecular flexibility index (Phi) is 4.36. The smallest absolute Gasteiger partial charge is 0.223 e. The fourth-order valence-corrected chi connectivity index (χ4v) is 1.93. The van der Waals surface area contributed by atoms with Gasteiger partial charge >= 0.3 is 0 Å². The van der Waals surface area contributed by atoms with E-state index in [0.29, 0.717) is 23.8 Å². The number of anilines is 1. The lowest BCUT2D eigenvalue weighted by molar-refractivity contribution is -0.121. The third-order valence-electron chi connectivity index (χ3n) is 3.19. The molecule has 0 heterocycles. The quantitative estimate of drug-likeness (QED) is 0.883. The number of hydrogen-bond acceptors (Lipinski definition) is 3. The number of carbonyl (C=O) groups excluding carboxylic acids is 2. The largest absolute Gasteiger partial charge is 0.353 e. The standard InChI is InChI=1S/C15H17N3O2/c1-11(19)18(9-8-15(20)17-13-4-5-13)14-6-2-12(10-16)3-7-14/h2-3,6-7,13H,4-5,8-9H2,1H3,(H,17,20). The van der Waals surface area contributed by atoms with E-state index in [4.69, 9.17) is 5.26 Å². The Bertz CT molecular complexity index is 541. The zero-order valence-electron chi connectivity index (χ0n) is 11.4. The fourth-order valence-electron chi connectivity index (χ4n) is 1.93. The van der Waals surface area contributed by atoms with Crippen LogP contribution in [0.15, 0.2) is 24.3 Å². The maximum atomic E-state index is 11.7. The monoisotopic (exact) mass is 271 g/mol. The minimum Gasteiger partial charge on any atom is -0.353 e. The van der Waals surface area contributed by atoms with Crippen LogP contribution in [0.4, 0.5) is 5.69 Å². The molecule has 0 spiro atoms. The van der Waals surface area contributed by atoms with Crippen molar-refractivity contribution in [3.63, 3.8) is 0 Å². The van der Waals surface area contributed by atoms with Crippen molar-refractivity contribution in [2.75, 3.05) is 11.4 Å². The second-order valence-corrected chi connectivity index (χ2v) is 4.92. The summed E-state index contributed by atoms with van der Waals surface area (Å²) < 4.78 is 0. The van der Waals surface area contributed by atoms with E-state index in [1.807, 2.05) is 6.07 Å². The number of amides is 2. The van der Waals surface area contributed by atoms with Crippen LogP contribution in [0.2, 0.25) is 0 Å². The van der Waals surface area contributed by atoms with Gasteiger partial charge in [-0.05, 0) is 37.1 Å². The molecule has 0 saturated heterocycles. The summed E-state index contributed by atoms with van der Waals surface area (Å²) in [4.78, 5) is 24.9. The summed E-state index contributed by atoms with van der Waals surface area (Å²) in [5, 5.41) is 11.7. The Morgan fingerprint density at radius 1 is 1.35 bits per heavy atom. The number of hydrogen-bond donors (Lipinski definition) is 1. The Morgan fingerprint density at radius 3 is 2.50 bits per heavy atom. The Hall–Kier alpha value is -2.35. The average Bonchev–Trinajstić information content (AvgIpc) is 3.23. The highest BCUT2D eigenvalue weighted by atomic mass is 16.2. The summed E-state index contributed by atoms with van der Waals surface area (Å²) in [5.41, 5.74) is 1.25. The first-order valence-corrected chi connectivity index (χ1v) is 6.68. The van der Waals surface area contributed by atoms with Gasteiger partial charge in [-0.25, -0.2) is 0 Å². The maximum absolute atomic E-state index is 11.7. The van der Waals surface area contributed by atoms with Gasteiger partial charge < -0.3 is 10.2 Å². The van der Waals surface area contributed by atoms with Crippen molar-refractivity contribution in [3.8, 4) is 6.07 Å². The second kappa shape index (κ2) is 6.20. The number of nitrogens with one attached hydrogen (secondary N) is 1. The molecule has 5 nitrogen and oxygen atoms in total. The summed E-state index contributed by atoms with van der Waals surface area (Å²) in [6.07, 6.45) is 2.39. The van der Waals surface area contributed by atoms with E-state index in [1.165, 1.54) is 6.92 Å². The van der Waals surface area contributed by atoms with E-state index >= 15 is 0 Å². The highest BCUT2D eigenvalue weighted by molar-refractivity contribution is 5.92. The summed E-state index contributed by atoms with van der Waals surface area (Å²) in [5.74, 6) is -0.138. The van der Waals surface area contributed by atoms with Crippen molar-refractivity contribution in [2.24, 2.45) is 0 Å². The van der Waals surface area contributed by atoms with Crippen LogP contribution in [-0.2, 0) is 9.59 Å². The normalized spacial score (nSPS) is 13.4. The average molecular weight is 271 g/mol. The molecule has 1 aliphatic carbocycles. The van der Waals surface area contributed by atoms with Crippen LogP contribution in [-0.4, -0.2) is 24.4 Å². The minimum atomic E-state index is -0.117. The summed E-state index contributed by atoms with van der Waals surface area (Å²) in [6.45, 7) is 1.82. The molecule has 0 aliphatic heterocycles. The predicted molar refractivity (Wildman–Crippen MR) is 75.0 cm³/mol. The van der Waals surface area contributed by atoms with E-state index in [1.54, 1.807) is 29.2 Å². The van der Waals surface area contributed by atoms with Gasteiger partial charge in [0.25, 0.3) is 0 Å². The molecular formula is C15H17N3O2. The van der Waals surface area contributed by atoms with E-state index in [2.05, 4.69) is 5.32 Å². The van der Waals surface area contributed by atoms with Gasteiger partial charge in [-0.3, -0.25) is 9.59 Å². The van der Waals surface area contributed by atoms with Crippen LogP contribution in [0.25, 0.3) is 0 Å². The van der Waals surface area contributed by atoms with Crippen molar-refractivity contribution in [1.82, 2.24) is 5.32 Å². The third kappa shape index (κ3) is 3.82. The molecule has 2 rings (SSSR count). The molecule has 20 heavy (non-hydrogen) atoms. The maximum Gasteiger partial charge on any atom is 0.223 e. The van der Waals surface area contributed by atoms with Crippen molar-refractivity contribution in [1.29, 1.82) is 5.26 Å². The van der Waals surface area contributed by atoms with Gasteiger partial charge in [0.2, 0.25) is 11.8 Å². The lowest BCUT2D eigenvalue weighted by Gasteiger charge is -2.21. The molecule has 5 heteroatoms. The first-order chi connectivity index (χ1) is 9.60. The molecule has 0 radical (unpaired) electrons. The number of nitriles is 1. The summed E-state index contributed by atoms with van der Waals surface area (Å²) in [6, 6.07) is 9.14. The molecule has 0 bridgehead atoms. The van der Waals surface area contributed by atoms with Gasteiger partial charge in [0.05, 0.1) is 11.6 Å². The number of nitrogens with zero attached hydrogens (tertiary/aromatic N) is 2. The van der Waals surface area contributed by atoms with E-state index in [0.717, 1.165) is 12.8 Å². The molecule has 1 aromatic rings. The molecule has 0 atom stereocenters. The van der Waals surface area contributed by atoms with Gasteiger partial charge in [0.1, 0.15) is 0 Å². The Morgan fingerprint density at radius 2 is 2.00 bits per heavy atom. The SMILES string of the molecule is CC(=O)N(CCC(=O)NC1CC1)c1ccc(C#N)cc1. The molecule has 1 fully saturated rings. The minimum absolute atomic E-state index is 0.0209. The number of carbonyl (C=O) groups is 2. The second-order valence-electron chi connectivity index (χ2n) is 4.92. The predicted octanol–water partition coefficient (Wildman–Crippen LogP) is 1.58. The zero-order valence-corrected chi connectivity index (χ0v) is 11.4. The van der Waals surface area contributed by atoms with Crippen molar-refractivity contribution in [3.05, 3.63) is 29.8 Å². The van der Waals surface area contributed by atoms with Crippen molar-refractivity contribution >= 4 is 17.5 Å². The van der Waals surface area contributed by atoms with Crippen molar-refractivity contribution < 1.29 is 9.59 Å².